The minimum absolute atomic E-state index is 0.147. The van der Waals surface area contributed by atoms with Gasteiger partial charge in [-0.15, -0.1) is 0 Å². The predicted molar refractivity (Wildman–Crippen MR) is 115 cm³/mol. The second-order valence-corrected chi connectivity index (χ2v) is 6.50. The van der Waals surface area contributed by atoms with Gasteiger partial charge in [-0.3, -0.25) is 4.79 Å². The van der Waals surface area contributed by atoms with Crippen molar-refractivity contribution in [2.45, 2.75) is 6.54 Å². The number of para-hydroxylation sites is 2. The highest BCUT2D eigenvalue weighted by Crippen LogP contribution is 2.20. The molecule has 1 aromatic heterocycles. The van der Waals surface area contributed by atoms with Gasteiger partial charge in [-0.05, 0) is 29.8 Å². The van der Waals surface area contributed by atoms with Crippen LogP contribution < -0.4 is 10.2 Å². The highest BCUT2D eigenvalue weighted by molar-refractivity contribution is 6.05. The van der Waals surface area contributed by atoms with E-state index in [1.54, 1.807) is 17.3 Å². The summed E-state index contributed by atoms with van der Waals surface area (Å²) in [5.74, 6) is 0.299. The molecule has 1 N–H and O–H groups in total. The first-order chi connectivity index (χ1) is 14.3. The van der Waals surface area contributed by atoms with Crippen LogP contribution in [-0.2, 0) is 6.54 Å². The second kappa shape index (κ2) is 8.80. The Balaban J connectivity index is 1.57. The quantitative estimate of drug-likeness (QED) is 0.507. The topological polar surface area (TPSA) is 58.1 Å². The van der Waals surface area contributed by atoms with Gasteiger partial charge in [-0.2, -0.15) is 0 Å². The van der Waals surface area contributed by atoms with Crippen LogP contribution in [0.4, 0.5) is 17.3 Å². The van der Waals surface area contributed by atoms with Crippen LogP contribution >= 0.6 is 0 Å². The van der Waals surface area contributed by atoms with E-state index in [0.717, 1.165) is 16.9 Å². The second-order valence-electron chi connectivity index (χ2n) is 6.50. The number of nitrogens with zero attached hydrogens (tertiary/aromatic N) is 3. The van der Waals surface area contributed by atoms with E-state index in [2.05, 4.69) is 15.3 Å². The average molecular weight is 380 g/mol. The number of carbonyl (C=O) groups excluding carboxylic acids is 1. The minimum Gasteiger partial charge on any atom is -0.324 e. The lowest BCUT2D eigenvalue weighted by Gasteiger charge is -2.23. The zero-order valence-corrected chi connectivity index (χ0v) is 15.8. The Labute approximate surface area is 169 Å². The molecule has 5 nitrogen and oxygen atoms in total. The van der Waals surface area contributed by atoms with Crippen LogP contribution in [0.15, 0.2) is 103 Å². The molecule has 0 saturated heterocycles. The minimum atomic E-state index is -0.147. The molecule has 3 aromatic carbocycles. The molecule has 0 aliphatic heterocycles. The maximum Gasteiger partial charge on any atom is 0.261 e. The third kappa shape index (κ3) is 4.65. The van der Waals surface area contributed by atoms with Crippen LogP contribution in [0, 0.1) is 0 Å². The number of hydrogen-bond acceptors (Lipinski definition) is 4. The van der Waals surface area contributed by atoms with Crippen LogP contribution in [-0.4, -0.2) is 15.9 Å². The summed E-state index contributed by atoms with van der Waals surface area (Å²) in [6.45, 7) is 0.466. The van der Waals surface area contributed by atoms with E-state index < -0.39 is 0 Å². The summed E-state index contributed by atoms with van der Waals surface area (Å²) in [5, 5.41) is 3.12. The molecule has 0 aliphatic rings. The summed E-state index contributed by atoms with van der Waals surface area (Å²) in [6.07, 6.45) is 3.11. The number of carbonyl (C=O) groups is 1. The summed E-state index contributed by atoms with van der Waals surface area (Å²) in [5.41, 5.74) is 3.20. The number of anilines is 3. The largest absolute Gasteiger partial charge is 0.324 e. The lowest BCUT2D eigenvalue weighted by Crippen LogP contribution is -2.30. The van der Waals surface area contributed by atoms with Crippen LogP contribution in [0.5, 0.6) is 0 Å². The average Bonchev–Trinajstić information content (AvgIpc) is 2.79. The Hall–Kier alpha value is -3.99. The van der Waals surface area contributed by atoms with E-state index >= 15 is 0 Å². The van der Waals surface area contributed by atoms with Crippen molar-refractivity contribution in [3.05, 3.63) is 115 Å². The summed E-state index contributed by atoms with van der Waals surface area (Å²) in [6, 6.07) is 29.2. The summed E-state index contributed by atoms with van der Waals surface area (Å²) < 4.78 is 0. The number of amides is 1. The van der Waals surface area contributed by atoms with Crippen LogP contribution in [0.1, 0.15) is 15.9 Å². The molecule has 0 spiro atoms. The fraction of sp³-hybridized carbons (Fsp3) is 0.0417. The molecule has 4 aromatic rings. The van der Waals surface area contributed by atoms with E-state index in [9.17, 15) is 4.79 Å². The summed E-state index contributed by atoms with van der Waals surface area (Å²) >= 11 is 0. The van der Waals surface area contributed by atoms with Crippen molar-refractivity contribution in [2.75, 3.05) is 10.2 Å². The molecule has 1 heterocycles. The number of benzene rings is 3. The zero-order chi connectivity index (χ0) is 19.9. The standard InChI is InChI=1S/C24H20N4O/c29-23(20-16-25-24(26-17-20)27-21-12-6-2-7-13-21)28(22-14-8-3-9-15-22)18-19-10-4-1-5-11-19/h1-17H,18H2,(H,25,26,27). The fourth-order valence-electron chi connectivity index (χ4n) is 2.96. The van der Waals surface area contributed by atoms with Gasteiger partial charge in [0.05, 0.1) is 12.1 Å². The van der Waals surface area contributed by atoms with Gasteiger partial charge in [-0.1, -0.05) is 66.7 Å². The van der Waals surface area contributed by atoms with Crippen molar-refractivity contribution in [2.24, 2.45) is 0 Å². The Morgan fingerprint density at radius 3 is 1.93 bits per heavy atom. The first-order valence-electron chi connectivity index (χ1n) is 9.34. The molecule has 0 saturated carbocycles. The first-order valence-corrected chi connectivity index (χ1v) is 9.34. The van der Waals surface area contributed by atoms with Crippen molar-refractivity contribution >= 4 is 23.2 Å². The zero-order valence-electron chi connectivity index (χ0n) is 15.8. The van der Waals surface area contributed by atoms with Gasteiger partial charge in [0.25, 0.3) is 5.91 Å². The number of nitrogens with one attached hydrogen (secondary N) is 1. The molecule has 1 amide bonds. The third-order valence-electron chi connectivity index (χ3n) is 4.43. The van der Waals surface area contributed by atoms with Gasteiger partial charge < -0.3 is 10.2 Å². The molecule has 29 heavy (non-hydrogen) atoms. The molecule has 0 bridgehead atoms. The van der Waals surface area contributed by atoms with E-state index in [-0.39, 0.29) is 5.91 Å². The van der Waals surface area contributed by atoms with Crippen LogP contribution in [0.3, 0.4) is 0 Å². The molecule has 0 atom stereocenters. The van der Waals surface area contributed by atoms with Crippen molar-refractivity contribution in [3.63, 3.8) is 0 Å². The maximum absolute atomic E-state index is 13.2. The first kappa shape index (κ1) is 18.4. The SMILES string of the molecule is O=C(c1cnc(Nc2ccccc2)nc1)N(Cc1ccccc1)c1ccccc1. The highest BCUT2D eigenvalue weighted by Gasteiger charge is 2.19. The molecule has 0 radical (unpaired) electrons. The normalized spacial score (nSPS) is 10.3. The van der Waals surface area contributed by atoms with Crippen LogP contribution in [0.25, 0.3) is 0 Å². The lowest BCUT2D eigenvalue weighted by atomic mass is 10.1. The molecular weight excluding hydrogens is 360 g/mol. The molecule has 4 rings (SSSR count). The van der Waals surface area contributed by atoms with Gasteiger partial charge in [0, 0.05) is 23.8 Å². The summed E-state index contributed by atoms with van der Waals surface area (Å²) in [7, 11) is 0. The van der Waals surface area contributed by atoms with E-state index in [4.69, 9.17) is 0 Å². The molecule has 5 heteroatoms. The van der Waals surface area contributed by atoms with Crippen molar-refractivity contribution in [1.29, 1.82) is 0 Å². The Morgan fingerprint density at radius 1 is 0.759 bits per heavy atom. The Kier molecular flexibility index (Phi) is 5.58. The van der Waals surface area contributed by atoms with Gasteiger partial charge in [0.15, 0.2) is 0 Å². The van der Waals surface area contributed by atoms with E-state index in [1.165, 1.54) is 0 Å². The molecule has 0 aliphatic carbocycles. The van der Waals surface area contributed by atoms with Crippen molar-refractivity contribution in [3.8, 4) is 0 Å². The Morgan fingerprint density at radius 2 is 1.31 bits per heavy atom. The van der Waals surface area contributed by atoms with Gasteiger partial charge >= 0.3 is 0 Å². The van der Waals surface area contributed by atoms with Gasteiger partial charge in [-0.25, -0.2) is 9.97 Å². The van der Waals surface area contributed by atoms with E-state index in [1.807, 2.05) is 91.0 Å². The van der Waals surface area contributed by atoms with Gasteiger partial charge in [0.1, 0.15) is 0 Å². The number of hydrogen-bond donors (Lipinski definition) is 1. The third-order valence-corrected chi connectivity index (χ3v) is 4.43. The number of aromatic nitrogens is 2. The molecule has 0 unspecified atom stereocenters. The monoisotopic (exact) mass is 380 g/mol. The van der Waals surface area contributed by atoms with Gasteiger partial charge in [0.2, 0.25) is 5.95 Å². The molecular formula is C24H20N4O. The Bertz CT molecular complexity index is 1050. The number of rotatable bonds is 6. The fourth-order valence-corrected chi connectivity index (χ4v) is 2.96. The maximum atomic E-state index is 13.2. The van der Waals surface area contributed by atoms with E-state index in [0.29, 0.717) is 18.1 Å². The van der Waals surface area contributed by atoms with Crippen LogP contribution in [0.2, 0.25) is 0 Å². The summed E-state index contributed by atoms with van der Waals surface area (Å²) in [4.78, 5) is 23.6. The predicted octanol–water partition coefficient (Wildman–Crippen LogP) is 5.07. The molecule has 0 fully saturated rings. The van der Waals surface area contributed by atoms with Crippen molar-refractivity contribution < 1.29 is 4.79 Å². The van der Waals surface area contributed by atoms with Crippen molar-refractivity contribution in [1.82, 2.24) is 9.97 Å². The smallest absolute Gasteiger partial charge is 0.261 e. The lowest BCUT2D eigenvalue weighted by molar-refractivity contribution is 0.0984. The molecule has 142 valence electrons. The highest BCUT2D eigenvalue weighted by atomic mass is 16.2.